The van der Waals surface area contributed by atoms with Crippen LogP contribution in [0.5, 0.6) is 0 Å². The van der Waals surface area contributed by atoms with Crippen LogP contribution in [-0.4, -0.2) is 50.8 Å². The van der Waals surface area contributed by atoms with Gasteiger partial charge in [0.05, 0.1) is 11.7 Å². The van der Waals surface area contributed by atoms with Crippen molar-refractivity contribution in [2.45, 2.75) is 46.6 Å². The first-order valence-electron chi connectivity index (χ1n) is 11.6. The predicted octanol–water partition coefficient (Wildman–Crippen LogP) is 5.09. The van der Waals surface area contributed by atoms with Gasteiger partial charge in [0, 0.05) is 30.2 Å². The van der Waals surface area contributed by atoms with Crippen LogP contribution in [0.4, 0.5) is 0 Å². The molecule has 5 nitrogen and oxygen atoms in total. The van der Waals surface area contributed by atoms with E-state index in [4.69, 9.17) is 0 Å². The zero-order valence-corrected chi connectivity index (χ0v) is 19.7. The number of fused-ring (bicyclic) bond motifs is 1. The molecule has 0 bridgehead atoms. The van der Waals surface area contributed by atoms with Gasteiger partial charge < -0.3 is 14.2 Å². The van der Waals surface area contributed by atoms with Gasteiger partial charge in [-0.25, -0.2) is 4.98 Å². The maximum atomic E-state index is 13.3. The van der Waals surface area contributed by atoms with Crippen LogP contribution in [-0.2, 0) is 4.79 Å². The smallest absolute Gasteiger partial charge is 0.251 e. The summed E-state index contributed by atoms with van der Waals surface area (Å²) in [5, 5.41) is 0. The highest BCUT2D eigenvalue weighted by atomic mass is 16.2. The molecule has 2 aromatic heterocycles. The Kier molecular flexibility index (Phi) is 6.47. The fourth-order valence-corrected chi connectivity index (χ4v) is 4.71. The summed E-state index contributed by atoms with van der Waals surface area (Å²) in [7, 11) is 0. The number of hydrogen-bond acceptors (Lipinski definition) is 3. The fraction of sp³-hybridized carbons (Fsp3) is 0.407. The number of pyridine rings is 1. The largest absolute Gasteiger partial charge is 0.309 e. The lowest BCUT2D eigenvalue weighted by Gasteiger charge is -2.34. The van der Waals surface area contributed by atoms with Crippen molar-refractivity contribution in [3.63, 3.8) is 0 Å². The van der Waals surface area contributed by atoms with E-state index in [-0.39, 0.29) is 11.9 Å². The summed E-state index contributed by atoms with van der Waals surface area (Å²) in [6, 6.07) is 2.10. The highest BCUT2D eigenvalue weighted by molar-refractivity contribution is 5.96. The normalized spacial score (nSPS) is 20.6. The average Bonchev–Trinajstić information content (AvgIpc) is 3.18. The molecule has 2 aliphatic rings. The molecule has 1 amide bonds. The number of hydrogen-bond donors (Lipinski definition) is 0. The standard InChI is InChI=1S/C27H34N4O/c1-6-22-15-25(17-30-16-20(4)28-27(22)30)19(3)14-26(32)31-18-24(9-8-21(31)5)23-10-12-29(7-2)13-11-23/h6,8-9,14-18,21,23H,1,7,10-13H2,2-5H3/b19-14+. The van der Waals surface area contributed by atoms with Gasteiger partial charge in [-0.2, -0.15) is 0 Å². The van der Waals surface area contributed by atoms with Crippen molar-refractivity contribution >= 4 is 23.2 Å². The average molecular weight is 431 g/mol. The summed E-state index contributed by atoms with van der Waals surface area (Å²) in [6.45, 7) is 15.6. The van der Waals surface area contributed by atoms with Gasteiger partial charge in [-0.3, -0.25) is 4.79 Å². The maximum Gasteiger partial charge on any atom is 0.251 e. The van der Waals surface area contributed by atoms with Gasteiger partial charge in [-0.15, -0.1) is 0 Å². The number of allylic oxidation sites excluding steroid dienone is 3. The Balaban J connectivity index is 1.56. The van der Waals surface area contributed by atoms with E-state index < -0.39 is 0 Å². The van der Waals surface area contributed by atoms with E-state index >= 15 is 0 Å². The maximum absolute atomic E-state index is 13.3. The molecule has 0 saturated carbocycles. The van der Waals surface area contributed by atoms with Crippen molar-refractivity contribution in [3.8, 4) is 0 Å². The Morgan fingerprint density at radius 3 is 2.72 bits per heavy atom. The van der Waals surface area contributed by atoms with Gasteiger partial charge in [-0.05, 0) is 81.9 Å². The number of aromatic nitrogens is 2. The van der Waals surface area contributed by atoms with E-state index in [2.05, 4.69) is 54.7 Å². The van der Waals surface area contributed by atoms with E-state index in [0.717, 1.165) is 60.5 Å². The number of carbonyl (C=O) groups excluding carboxylic acids is 1. The third kappa shape index (κ3) is 4.49. The number of rotatable bonds is 5. The first kappa shape index (κ1) is 22.3. The fourth-order valence-electron chi connectivity index (χ4n) is 4.71. The monoisotopic (exact) mass is 430 g/mol. The molecule has 4 rings (SSSR count). The van der Waals surface area contributed by atoms with E-state index in [1.165, 1.54) is 5.57 Å². The molecule has 5 heteroatoms. The molecule has 0 spiro atoms. The first-order chi connectivity index (χ1) is 15.4. The minimum absolute atomic E-state index is 0.0184. The van der Waals surface area contributed by atoms with E-state index in [9.17, 15) is 4.79 Å². The molecule has 1 saturated heterocycles. The predicted molar refractivity (Wildman–Crippen MR) is 132 cm³/mol. The summed E-state index contributed by atoms with van der Waals surface area (Å²) >= 11 is 0. The Bertz CT molecular complexity index is 1110. The van der Waals surface area contributed by atoms with Gasteiger partial charge in [-0.1, -0.05) is 31.7 Å². The highest BCUT2D eigenvalue weighted by Gasteiger charge is 2.25. The minimum atomic E-state index is 0.0184. The zero-order chi connectivity index (χ0) is 22.8. The molecule has 0 aliphatic carbocycles. The van der Waals surface area contributed by atoms with Crippen LogP contribution in [0.25, 0.3) is 17.3 Å². The molecule has 1 atom stereocenters. The van der Waals surface area contributed by atoms with Crippen LogP contribution in [0.15, 0.2) is 55.0 Å². The zero-order valence-electron chi connectivity index (χ0n) is 19.7. The van der Waals surface area contributed by atoms with E-state index in [1.807, 2.05) is 41.6 Å². The lowest BCUT2D eigenvalue weighted by Crippen LogP contribution is -2.37. The Hall–Kier alpha value is -2.92. The quantitative estimate of drug-likeness (QED) is 0.620. The third-order valence-corrected chi connectivity index (χ3v) is 6.77. The molecule has 32 heavy (non-hydrogen) atoms. The Morgan fingerprint density at radius 1 is 1.28 bits per heavy atom. The minimum Gasteiger partial charge on any atom is -0.309 e. The summed E-state index contributed by atoms with van der Waals surface area (Å²) in [6.07, 6.45) is 16.4. The first-order valence-corrected chi connectivity index (χ1v) is 11.6. The number of nitrogens with zero attached hydrogens (tertiary/aromatic N) is 4. The van der Waals surface area contributed by atoms with Crippen molar-refractivity contribution in [2.75, 3.05) is 19.6 Å². The van der Waals surface area contributed by atoms with Crippen LogP contribution in [0.1, 0.15) is 50.4 Å². The van der Waals surface area contributed by atoms with Gasteiger partial charge in [0.1, 0.15) is 5.65 Å². The number of piperidine rings is 1. The topological polar surface area (TPSA) is 40.9 Å². The van der Waals surface area contributed by atoms with Crippen molar-refractivity contribution in [1.82, 2.24) is 19.2 Å². The molecule has 4 heterocycles. The Morgan fingerprint density at radius 2 is 2.03 bits per heavy atom. The van der Waals surface area contributed by atoms with Gasteiger partial charge in [0.15, 0.2) is 0 Å². The highest BCUT2D eigenvalue weighted by Crippen LogP contribution is 2.29. The second-order valence-corrected chi connectivity index (χ2v) is 9.01. The van der Waals surface area contributed by atoms with Crippen LogP contribution in [0, 0.1) is 12.8 Å². The van der Waals surface area contributed by atoms with Crippen LogP contribution >= 0.6 is 0 Å². The molecule has 0 aromatic carbocycles. The van der Waals surface area contributed by atoms with Gasteiger partial charge in [0.25, 0.3) is 5.91 Å². The molecule has 0 N–H and O–H groups in total. The van der Waals surface area contributed by atoms with Crippen LogP contribution in [0.3, 0.4) is 0 Å². The molecule has 0 radical (unpaired) electrons. The summed E-state index contributed by atoms with van der Waals surface area (Å²) in [5.41, 5.74) is 6.01. The molecule has 1 unspecified atom stereocenters. The molecule has 1 fully saturated rings. The van der Waals surface area contributed by atoms with Crippen molar-refractivity contribution < 1.29 is 4.79 Å². The lowest BCUT2D eigenvalue weighted by molar-refractivity contribution is -0.124. The van der Waals surface area contributed by atoms with Crippen LogP contribution in [0.2, 0.25) is 0 Å². The molecule has 168 valence electrons. The van der Waals surface area contributed by atoms with Gasteiger partial charge in [0.2, 0.25) is 0 Å². The summed E-state index contributed by atoms with van der Waals surface area (Å²) < 4.78 is 2.01. The molecule has 2 aliphatic heterocycles. The number of carbonyl (C=O) groups is 1. The Labute approximate surface area is 191 Å². The number of likely N-dealkylation sites (tertiary alicyclic amines) is 1. The molecule has 2 aromatic rings. The van der Waals surface area contributed by atoms with E-state index in [0.29, 0.717) is 5.92 Å². The number of amides is 1. The summed E-state index contributed by atoms with van der Waals surface area (Å²) in [5.74, 6) is 0.550. The lowest BCUT2D eigenvalue weighted by atomic mass is 9.87. The molecular formula is C27H34N4O. The SMILES string of the molecule is C=Cc1cc(/C(C)=C/C(=O)N2C=C(C3CCN(CC)CC3)C=CC2C)cn2cc(C)nc12. The number of aryl methyl sites for hydroxylation is 1. The number of imidazole rings is 1. The van der Waals surface area contributed by atoms with Crippen LogP contribution < -0.4 is 0 Å². The molecular weight excluding hydrogens is 396 g/mol. The van der Waals surface area contributed by atoms with E-state index in [1.54, 1.807) is 6.08 Å². The van der Waals surface area contributed by atoms with Gasteiger partial charge >= 0.3 is 0 Å². The van der Waals surface area contributed by atoms with Crippen molar-refractivity contribution in [3.05, 3.63) is 71.9 Å². The summed E-state index contributed by atoms with van der Waals surface area (Å²) in [4.78, 5) is 22.2. The van der Waals surface area contributed by atoms with Crippen molar-refractivity contribution in [2.24, 2.45) is 5.92 Å². The third-order valence-electron chi connectivity index (χ3n) is 6.77. The van der Waals surface area contributed by atoms with Crippen molar-refractivity contribution in [1.29, 1.82) is 0 Å². The second kappa shape index (κ2) is 9.29. The second-order valence-electron chi connectivity index (χ2n) is 9.01.